The van der Waals surface area contributed by atoms with E-state index in [0.29, 0.717) is 51.3 Å². The van der Waals surface area contributed by atoms with Crippen molar-refractivity contribution in [1.29, 1.82) is 5.26 Å². The van der Waals surface area contributed by atoms with Gasteiger partial charge in [0.15, 0.2) is 0 Å². The Hall–Kier alpha value is -3.51. The number of pyridine rings is 1. The van der Waals surface area contributed by atoms with Crippen molar-refractivity contribution in [2.24, 2.45) is 0 Å². The Kier molecular flexibility index (Phi) is 7.89. The monoisotopic (exact) mass is 591 g/mol. The summed E-state index contributed by atoms with van der Waals surface area (Å²) < 4.78 is 13.2. The first-order valence-corrected chi connectivity index (χ1v) is 13.5. The third-order valence-corrected chi connectivity index (χ3v) is 7.41. The lowest BCUT2D eigenvalue weighted by molar-refractivity contribution is 0.115. The first kappa shape index (κ1) is 26.1. The highest BCUT2D eigenvalue weighted by molar-refractivity contribution is 9.10. The Bertz CT molecular complexity index is 1500. The van der Waals surface area contributed by atoms with E-state index in [1.54, 1.807) is 18.3 Å². The van der Waals surface area contributed by atoms with Gasteiger partial charge in [0.1, 0.15) is 30.3 Å². The molecule has 0 saturated carbocycles. The largest absolute Gasteiger partial charge is 0.488 e. The third kappa shape index (κ3) is 5.97. The van der Waals surface area contributed by atoms with Gasteiger partial charge in [0.25, 0.3) is 0 Å². The number of likely N-dealkylation sites (tertiary alicyclic amines) is 1. The molecule has 0 atom stereocenters. The van der Waals surface area contributed by atoms with Gasteiger partial charge in [-0.2, -0.15) is 5.26 Å². The Balaban J connectivity index is 1.37. The predicted molar refractivity (Wildman–Crippen MR) is 155 cm³/mol. The minimum atomic E-state index is 0.119. The van der Waals surface area contributed by atoms with Crippen LogP contribution in [0.3, 0.4) is 0 Å². The number of hydrogen-bond acceptors (Lipinski definition) is 7. The van der Waals surface area contributed by atoms with Crippen LogP contribution in [0.2, 0.25) is 5.02 Å². The second-order valence-corrected chi connectivity index (χ2v) is 10.7. The zero-order valence-electron chi connectivity index (χ0n) is 20.9. The molecule has 1 aliphatic rings. The lowest BCUT2D eigenvalue weighted by Gasteiger charge is -2.29. The first-order valence-electron chi connectivity index (χ1n) is 12.3. The van der Waals surface area contributed by atoms with Gasteiger partial charge in [-0.15, -0.1) is 0 Å². The standard InChI is InChI=1S/C29H27BrClN5O2/c1-36-10-8-22(9-11-36)38-28-14-26-23(13-25(28)33)29(19(15-32)16-34-26)35-21-6-7-27(24(31)12-21)37-17-18-2-4-20(30)5-3-18/h2-7,12-14,16,22H,8-11,17,33H2,1H3,(H,34,35). The van der Waals surface area contributed by atoms with Crippen LogP contribution in [0.25, 0.3) is 10.9 Å². The van der Waals surface area contributed by atoms with Gasteiger partial charge in [-0.25, -0.2) is 0 Å². The van der Waals surface area contributed by atoms with Crippen molar-refractivity contribution < 1.29 is 9.47 Å². The van der Waals surface area contributed by atoms with Crippen LogP contribution in [0.1, 0.15) is 24.0 Å². The molecular formula is C29H27BrClN5O2. The number of rotatable bonds is 7. The highest BCUT2D eigenvalue weighted by atomic mass is 79.9. The number of halogens is 2. The summed E-state index contributed by atoms with van der Waals surface area (Å²) in [5, 5.41) is 14.3. The van der Waals surface area contributed by atoms with Crippen LogP contribution in [0.5, 0.6) is 11.5 Å². The topological polar surface area (TPSA) is 96.4 Å². The van der Waals surface area contributed by atoms with E-state index >= 15 is 0 Å². The molecule has 0 bridgehead atoms. The normalized spacial score (nSPS) is 14.3. The van der Waals surface area contributed by atoms with Gasteiger partial charge < -0.3 is 25.4 Å². The van der Waals surface area contributed by atoms with Crippen molar-refractivity contribution in [3.8, 4) is 17.6 Å². The van der Waals surface area contributed by atoms with Gasteiger partial charge in [0.05, 0.1) is 27.5 Å². The van der Waals surface area contributed by atoms with Crippen LogP contribution in [0, 0.1) is 11.3 Å². The van der Waals surface area contributed by atoms with Gasteiger partial charge in [-0.3, -0.25) is 4.98 Å². The number of nitriles is 1. The van der Waals surface area contributed by atoms with E-state index in [1.165, 1.54) is 0 Å². The number of nitrogen functional groups attached to an aromatic ring is 1. The number of fused-ring (bicyclic) bond motifs is 1. The van der Waals surface area contributed by atoms with Crippen molar-refractivity contribution in [1.82, 2.24) is 9.88 Å². The Morgan fingerprint density at radius 2 is 1.89 bits per heavy atom. The number of ether oxygens (including phenoxy) is 2. The van der Waals surface area contributed by atoms with E-state index in [4.69, 9.17) is 26.8 Å². The molecule has 194 valence electrons. The summed E-state index contributed by atoms with van der Waals surface area (Å²) in [5.41, 5.74) is 10.3. The van der Waals surface area contributed by atoms with Crippen LogP contribution >= 0.6 is 27.5 Å². The fourth-order valence-electron chi connectivity index (χ4n) is 4.42. The number of nitrogens with one attached hydrogen (secondary N) is 1. The van der Waals surface area contributed by atoms with Gasteiger partial charge in [-0.1, -0.05) is 39.7 Å². The number of aromatic nitrogens is 1. The van der Waals surface area contributed by atoms with Crippen LogP contribution in [-0.4, -0.2) is 36.1 Å². The van der Waals surface area contributed by atoms with Crippen molar-refractivity contribution >= 4 is 55.5 Å². The fraction of sp³-hybridized carbons (Fsp3) is 0.241. The van der Waals surface area contributed by atoms with E-state index in [2.05, 4.69) is 44.2 Å². The Morgan fingerprint density at radius 3 is 2.61 bits per heavy atom. The molecule has 0 aliphatic carbocycles. The molecule has 0 radical (unpaired) electrons. The molecule has 38 heavy (non-hydrogen) atoms. The minimum Gasteiger partial charge on any atom is -0.488 e. The van der Waals surface area contributed by atoms with E-state index in [0.717, 1.165) is 41.4 Å². The fourth-order valence-corrected chi connectivity index (χ4v) is 4.92. The van der Waals surface area contributed by atoms with E-state index < -0.39 is 0 Å². The third-order valence-electron chi connectivity index (χ3n) is 6.59. The van der Waals surface area contributed by atoms with Crippen LogP contribution in [-0.2, 0) is 6.61 Å². The Morgan fingerprint density at radius 1 is 1.13 bits per heavy atom. The highest BCUT2D eigenvalue weighted by Crippen LogP contribution is 2.37. The molecule has 7 nitrogen and oxygen atoms in total. The molecule has 1 aliphatic heterocycles. The van der Waals surface area contributed by atoms with E-state index in [-0.39, 0.29) is 6.10 Å². The highest BCUT2D eigenvalue weighted by Gasteiger charge is 2.20. The summed E-state index contributed by atoms with van der Waals surface area (Å²) in [5.74, 6) is 1.19. The number of benzene rings is 3. The molecule has 9 heteroatoms. The van der Waals surface area contributed by atoms with Gasteiger partial charge in [-0.05, 0) is 61.9 Å². The van der Waals surface area contributed by atoms with E-state index in [1.807, 2.05) is 42.5 Å². The lowest BCUT2D eigenvalue weighted by atomic mass is 10.1. The first-order chi connectivity index (χ1) is 18.4. The Labute approximate surface area is 235 Å². The molecule has 1 fully saturated rings. The number of nitrogens with two attached hydrogens (primary N) is 1. The summed E-state index contributed by atoms with van der Waals surface area (Å²) >= 11 is 9.97. The molecule has 4 aromatic rings. The SMILES string of the molecule is CN1CCC(Oc2cc3ncc(C#N)c(Nc4ccc(OCc5ccc(Br)cc5)c(Cl)c4)c3cc2N)CC1. The van der Waals surface area contributed by atoms with Gasteiger partial charge in [0, 0.05) is 40.9 Å². The second kappa shape index (κ2) is 11.5. The molecule has 0 unspecified atom stereocenters. The number of nitrogens with zero attached hydrogens (tertiary/aromatic N) is 3. The maximum Gasteiger partial charge on any atom is 0.144 e. The zero-order chi connectivity index (χ0) is 26.6. The molecule has 1 saturated heterocycles. The van der Waals surface area contributed by atoms with Crippen molar-refractivity contribution in [2.45, 2.75) is 25.6 Å². The van der Waals surface area contributed by atoms with Crippen molar-refractivity contribution in [3.63, 3.8) is 0 Å². The maximum absolute atomic E-state index is 9.77. The molecule has 3 aromatic carbocycles. The van der Waals surface area contributed by atoms with Crippen LogP contribution < -0.4 is 20.5 Å². The average molecular weight is 593 g/mol. The van der Waals surface area contributed by atoms with Crippen molar-refractivity contribution in [2.75, 3.05) is 31.2 Å². The molecular weight excluding hydrogens is 566 g/mol. The van der Waals surface area contributed by atoms with Crippen molar-refractivity contribution in [3.05, 3.63) is 81.4 Å². The summed E-state index contributed by atoms with van der Waals surface area (Å²) in [4.78, 5) is 6.79. The molecule has 2 heterocycles. The smallest absolute Gasteiger partial charge is 0.144 e. The summed E-state index contributed by atoms with van der Waals surface area (Å²) in [6, 6.07) is 19.2. The van der Waals surface area contributed by atoms with Gasteiger partial charge in [0.2, 0.25) is 0 Å². The molecule has 0 spiro atoms. The average Bonchev–Trinajstić information content (AvgIpc) is 2.91. The summed E-state index contributed by atoms with van der Waals surface area (Å²) in [7, 11) is 2.11. The summed E-state index contributed by atoms with van der Waals surface area (Å²) in [6.07, 6.45) is 3.57. The predicted octanol–water partition coefficient (Wildman–Crippen LogP) is 6.90. The molecule has 0 amide bonds. The molecule has 5 rings (SSSR count). The molecule has 1 aromatic heterocycles. The second-order valence-electron chi connectivity index (χ2n) is 9.37. The van der Waals surface area contributed by atoms with E-state index in [9.17, 15) is 5.26 Å². The summed E-state index contributed by atoms with van der Waals surface area (Å²) in [6.45, 7) is 2.38. The minimum absolute atomic E-state index is 0.119. The zero-order valence-corrected chi connectivity index (χ0v) is 23.2. The van der Waals surface area contributed by atoms with Crippen LogP contribution in [0.15, 0.2) is 65.3 Å². The lowest BCUT2D eigenvalue weighted by Crippen LogP contribution is -2.35. The maximum atomic E-state index is 9.77. The molecule has 3 N–H and O–H groups in total. The van der Waals surface area contributed by atoms with Crippen LogP contribution in [0.4, 0.5) is 17.1 Å². The number of hydrogen-bond donors (Lipinski definition) is 2. The van der Waals surface area contributed by atoms with Gasteiger partial charge >= 0.3 is 0 Å². The number of piperidine rings is 1. The number of anilines is 3. The quantitative estimate of drug-likeness (QED) is 0.225.